The second-order valence-electron chi connectivity index (χ2n) is 6.89. The lowest BCUT2D eigenvalue weighted by Crippen LogP contribution is -2.24. The lowest BCUT2D eigenvalue weighted by molar-refractivity contribution is -0.116. The molecule has 0 saturated carbocycles. The average Bonchev–Trinajstić information content (AvgIpc) is 3.03. The SMILES string of the molecule is Cc1cc(Br)ccc1NC(=O)CCn1cnc2sc3c(c2c1=O)CCCC3. The molecule has 5 nitrogen and oxygen atoms in total. The number of nitrogens with one attached hydrogen (secondary N) is 1. The van der Waals surface area contributed by atoms with E-state index in [9.17, 15) is 9.59 Å². The van der Waals surface area contributed by atoms with Gasteiger partial charge in [0.15, 0.2) is 0 Å². The van der Waals surface area contributed by atoms with Gasteiger partial charge in [0.05, 0.1) is 11.7 Å². The molecule has 27 heavy (non-hydrogen) atoms. The normalized spacial score (nSPS) is 13.6. The number of amides is 1. The maximum absolute atomic E-state index is 12.9. The van der Waals surface area contributed by atoms with E-state index in [0.717, 1.165) is 45.2 Å². The van der Waals surface area contributed by atoms with Crippen LogP contribution in [0.1, 0.15) is 35.3 Å². The maximum atomic E-state index is 12.9. The van der Waals surface area contributed by atoms with Crippen molar-refractivity contribution in [2.75, 3.05) is 5.32 Å². The van der Waals surface area contributed by atoms with Gasteiger partial charge in [-0.1, -0.05) is 15.9 Å². The van der Waals surface area contributed by atoms with E-state index in [0.29, 0.717) is 6.54 Å². The fourth-order valence-corrected chi connectivity index (χ4v) is 5.24. The Kier molecular flexibility index (Phi) is 5.14. The minimum Gasteiger partial charge on any atom is -0.326 e. The molecule has 3 aromatic rings. The number of carbonyl (C=O) groups excluding carboxylic acids is 1. The number of hydrogen-bond acceptors (Lipinski definition) is 4. The van der Waals surface area contributed by atoms with Gasteiger partial charge in [-0.05, 0) is 61.9 Å². The van der Waals surface area contributed by atoms with E-state index in [2.05, 4.69) is 26.2 Å². The molecule has 0 radical (unpaired) electrons. The lowest BCUT2D eigenvalue weighted by atomic mass is 9.97. The smallest absolute Gasteiger partial charge is 0.262 e. The van der Waals surface area contributed by atoms with Gasteiger partial charge in [0.1, 0.15) is 4.83 Å². The van der Waals surface area contributed by atoms with Crippen molar-refractivity contribution < 1.29 is 4.79 Å². The Hall–Kier alpha value is -1.99. The van der Waals surface area contributed by atoms with Crippen molar-refractivity contribution in [3.05, 3.63) is 55.4 Å². The molecular weight excluding hydrogens is 426 g/mol. The van der Waals surface area contributed by atoms with Crippen LogP contribution < -0.4 is 10.9 Å². The van der Waals surface area contributed by atoms with Crippen molar-refractivity contribution in [3.8, 4) is 0 Å². The standard InChI is InChI=1S/C20H20BrN3O2S/c1-12-10-13(21)6-7-15(12)23-17(25)8-9-24-11-22-19-18(20(24)26)14-4-2-3-5-16(14)27-19/h6-7,10-11H,2-5,8-9H2,1H3,(H,23,25). The molecule has 7 heteroatoms. The summed E-state index contributed by atoms with van der Waals surface area (Å²) in [6, 6.07) is 5.72. The Morgan fingerprint density at radius 3 is 2.96 bits per heavy atom. The Labute approximate surface area is 169 Å². The largest absolute Gasteiger partial charge is 0.326 e. The number of carbonyl (C=O) groups is 1. The molecule has 0 atom stereocenters. The van der Waals surface area contributed by atoms with Crippen LogP contribution >= 0.6 is 27.3 Å². The second-order valence-corrected chi connectivity index (χ2v) is 8.89. The number of benzene rings is 1. The molecule has 0 unspecified atom stereocenters. The van der Waals surface area contributed by atoms with Crippen LogP contribution in [0, 0.1) is 6.92 Å². The van der Waals surface area contributed by atoms with E-state index < -0.39 is 0 Å². The Morgan fingerprint density at radius 2 is 2.15 bits per heavy atom. The third-order valence-electron chi connectivity index (χ3n) is 4.98. The number of anilines is 1. The molecule has 0 spiro atoms. The summed E-state index contributed by atoms with van der Waals surface area (Å²) in [6.07, 6.45) is 6.12. The van der Waals surface area contributed by atoms with Gasteiger partial charge < -0.3 is 5.32 Å². The highest BCUT2D eigenvalue weighted by Crippen LogP contribution is 2.33. The Morgan fingerprint density at radius 1 is 1.33 bits per heavy atom. The van der Waals surface area contributed by atoms with E-state index in [1.165, 1.54) is 16.9 Å². The molecule has 1 N–H and O–H groups in total. The van der Waals surface area contributed by atoms with Gasteiger partial charge in [-0.15, -0.1) is 11.3 Å². The first-order valence-corrected chi connectivity index (χ1v) is 10.7. The highest BCUT2D eigenvalue weighted by Gasteiger charge is 2.20. The maximum Gasteiger partial charge on any atom is 0.262 e. The molecule has 0 aliphatic heterocycles. The predicted octanol–water partition coefficient (Wildman–Crippen LogP) is 4.44. The topological polar surface area (TPSA) is 64.0 Å². The van der Waals surface area contributed by atoms with Crippen LogP contribution in [-0.2, 0) is 24.2 Å². The van der Waals surface area contributed by atoms with Crippen LogP contribution in [0.5, 0.6) is 0 Å². The highest BCUT2D eigenvalue weighted by molar-refractivity contribution is 9.10. The molecule has 0 fully saturated rings. The number of aromatic nitrogens is 2. The third-order valence-corrected chi connectivity index (χ3v) is 6.68. The first-order valence-electron chi connectivity index (χ1n) is 9.08. The number of halogens is 1. The van der Waals surface area contributed by atoms with Gasteiger partial charge in [-0.25, -0.2) is 4.98 Å². The summed E-state index contributed by atoms with van der Waals surface area (Å²) in [5, 5.41) is 3.68. The number of thiophene rings is 1. The van der Waals surface area contributed by atoms with Crippen LogP contribution in [0.2, 0.25) is 0 Å². The molecule has 4 rings (SSSR count). The minimum atomic E-state index is -0.111. The molecule has 2 aromatic heterocycles. The molecule has 2 heterocycles. The number of aryl methyl sites for hydroxylation is 4. The molecule has 1 aliphatic rings. The Balaban J connectivity index is 1.51. The summed E-state index contributed by atoms with van der Waals surface area (Å²) in [4.78, 5) is 31.9. The van der Waals surface area contributed by atoms with Crippen molar-refractivity contribution in [3.63, 3.8) is 0 Å². The summed E-state index contributed by atoms with van der Waals surface area (Å²) >= 11 is 5.06. The van der Waals surface area contributed by atoms with Crippen LogP contribution in [-0.4, -0.2) is 15.5 Å². The quantitative estimate of drug-likeness (QED) is 0.645. The first-order chi connectivity index (χ1) is 13.0. The zero-order valence-corrected chi connectivity index (χ0v) is 17.5. The molecule has 1 aromatic carbocycles. The van der Waals surface area contributed by atoms with Crippen molar-refractivity contribution in [2.24, 2.45) is 0 Å². The summed E-state index contributed by atoms with van der Waals surface area (Å²) < 4.78 is 2.54. The number of rotatable bonds is 4. The average molecular weight is 446 g/mol. The summed E-state index contributed by atoms with van der Waals surface area (Å²) in [6.45, 7) is 2.27. The van der Waals surface area contributed by atoms with Crippen molar-refractivity contribution >= 4 is 49.1 Å². The fourth-order valence-electron chi connectivity index (χ4n) is 3.54. The summed E-state index contributed by atoms with van der Waals surface area (Å²) in [5.74, 6) is -0.111. The van der Waals surface area contributed by atoms with E-state index in [4.69, 9.17) is 0 Å². The van der Waals surface area contributed by atoms with E-state index in [1.807, 2.05) is 25.1 Å². The van der Waals surface area contributed by atoms with E-state index in [1.54, 1.807) is 22.2 Å². The molecule has 0 bridgehead atoms. The van der Waals surface area contributed by atoms with Crippen LogP contribution in [0.25, 0.3) is 10.2 Å². The first kappa shape index (κ1) is 18.4. The summed E-state index contributed by atoms with van der Waals surface area (Å²) in [7, 11) is 0. The fraction of sp³-hybridized carbons (Fsp3) is 0.350. The molecular formula is C20H20BrN3O2S. The molecule has 140 valence electrons. The van der Waals surface area contributed by atoms with Gasteiger partial charge in [0, 0.05) is 28.0 Å². The minimum absolute atomic E-state index is 0.0213. The van der Waals surface area contributed by atoms with Crippen LogP contribution in [0.4, 0.5) is 5.69 Å². The predicted molar refractivity (Wildman–Crippen MR) is 113 cm³/mol. The van der Waals surface area contributed by atoms with Gasteiger partial charge in [0.25, 0.3) is 5.56 Å². The number of nitrogens with zero attached hydrogens (tertiary/aromatic N) is 2. The van der Waals surface area contributed by atoms with Gasteiger partial charge in [-0.3, -0.25) is 14.2 Å². The number of fused-ring (bicyclic) bond motifs is 3. The third kappa shape index (κ3) is 3.71. The van der Waals surface area contributed by atoms with Crippen molar-refractivity contribution in [1.82, 2.24) is 9.55 Å². The summed E-state index contributed by atoms with van der Waals surface area (Å²) in [5.41, 5.74) is 2.94. The number of hydrogen-bond donors (Lipinski definition) is 1. The van der Waals surface area contributed by atoms with Crippen molar-refractivity contribution in [1.29, 1.82) is 0 Å². The van der Waals surface area contributed by atoms with Gasteiger partial charge in [-0.2, -0.15) is 0 Å². The highest BCUT2D eigenvalue weighted by atomic mass is 79.9. The Bertz CT molecular complexity index is 1090. The molecule has 0 saturated heterocycles. The monoisotopic (exact) mass is 445 g/mol. The van der Waals surface area contributed by atoms with Crippen LogP contribution in [0.15, 0.2) is 33.8 Å². The molecule has 1 amide bonds. The van der Waals surface area contributed by atoms with E-state index >= 15 is 0 Å². The van der Waals surface area contributed by atoms with E-state index in [-0.39, 0.29) is 17.9 Å². The molecule has 1 aliphatic carbocycles. The van der Waals surface area contributed by atoms with Crippen molar-refractivity contribution in [2.45, 2.75) is 45.6 Å². The van der Waals surface area contributed by atoms with Gasteiger partial charge >= 0.3 is 0 Å². The second kappa shape index (κ2) is 7.56. The zero-order chi connectivity index (χ0) is 19.0. The van der Waals surface area contributed by atoms with Gasteiger partial charge in [0.2, 0.25) is 5.91 Å². The zero-order valence-electron chi connectivity index (χ0n) is 15.0. The lowest BCUT2D eigenvalue weighted by Gasteiger charge is -2.11. The van der Waals surface area contributed by atoms with Crippen LogP contribution in [0.3, 0.4) is 0 Å².